The summed E-state index contributed by atoms with van der Waals surface area (Å²) < 4.78 is 7.47. The predicted octanol–water partition coefficient (Wildman–Crippen LogP) is 2.55. The number of rotatable bonds is 4. The standard InChI is InChI=1S/C21H27N5O2/c1-12(2)26-18(14-8-25(9-14)15-10-28-11-15)6-17(24-26)13-5-16-19(22-7-13)23-20(27)21(16,3)4/h5-7,12,14-15H,8-11H2,1-4H3,(H,22,23,27). The van der Waals surface area contributed by atoms with Crippen LogP contribution in [-0.2, 0) is 14.9 Å². The summed E-state index contributed by atoms with van der Waals surface area (Å²) in [6.45, 7) is 12.1. The number of carbonyl (C=O) groups excluding carboxylic acids is 1. The van der Waals surface area contributed by atoms with Crippen molar-refractivity contribution in [1.29, 1.82) is 0 Å². The van der Waals surface area contributed by atoms with E-state index < -0.39 is 5.41 Å². The topological polar surface area (TPSA) is 72.3 Å². The number of fused-ring (bicyclic) bond motifs is 1. The molecular formula is C21H27N5O2. The van der Waals surface area contributed by atoms with Gasteiger partial charge in [-0.2, -0.15) is 5.10 Å². The number of carbonyl (C=O) groups is 1. The van der Waals surface area contributed by atoms with E-state index in [1.54, 1.807) is 0 Å². The van der Waals surface area contributed by atoms with Crippen LogP contribution in [0, 0.1) is 0 Å². The van der Waals surface area contributed by atoms with Crippen LogP contribution in [0.3, 0.4) is 0 Å². The van der Waals surface area contributed by atoms with Crippen molar-refractivity contribution in [3.8, 4) is 11.3 Å². The number of hydrogen-bond donors (Lipinski definition) is 1. The van der Waals surface area contributed by atoms with Gasteiger partial charge in [-0.3, -0.25) is 14.4 Å². The third kappa shape index (κ3) is 2.60. The first-order valence-corrected chi connectivity index (χ1v) is 10.1. The first-order valence-electron chi connectivity index (χ1n) is 10.1. The molecule has 0 saturated carbocycles. The van der Waals surface area contributed by atoms with E-state index in [9.17, 15) is 4.79 Å². The lowest BCUT2D eigenvalue weighted by atomic mass is 9.86. The molecule has 28 heavy (non-hydrogen) atoms. The van der Waals surface area contributed by atoms with Gasteiger partial charge in [-0.05, 0) is 39.8 Å². The molecule has 0 spiro atoms. The van der Waals surface area contributed by atoms with E-state index in [-0.39, 0.29) is 5.91 Å². The Balaban J connectivity index is 1.45. The van der Waals surface area contributed by atoms with Crippen molar-refractivity contribution < 1.29 is 9.53 Å². The molecule has 3 aliphatic rings. The number of nitrogens with one attached hydrogen (secondary N) is 1. The number of pyridine rings is 1. The predicted molar refractivity (Wildman–Crippen MR) is 106 cm³/mol. The third-order valence-electron chi connectivity index (χ3n) is 6.38. The Labute approximate surface area is 165 Å². The molecule has 7 nitrogen and oxygen atoms in total. The SMILES string of the molecule is CC(C)n1nc(-c2cnc3c(c2)C(C)(C)C(=O)N3)cc1C1CN(C2COC2)C1. The molecule has 3 aliphatic heterocycles. The van der Waals surface area contributed by atoms with Crippen LogP contribution in [0.15, 0.2) is 18.3 Å². The van der Waals surface area contributed by atoms with Crippen molar-refractivity contribution in [3.05, 3.63) is 29.6 Å². The van der Waals surface area contributed by atoms with E-state index in [0.717, 1.165) is 43.1 Å². The minimum absolute atomic E-state index is 0.00455. The van der Waals surface area contributed by atoms with Crippen LogP contribution in [0.1, 0.15) is 50.9 Å². The van der Waals surface area contributed by atoms with Crippen molar-refractivity contribution in [3.63, 3.8) is 0 Å². The maximum atomic E-state index is 12.2. The molecule has 2 fully saturated rings. The summed E-state index contributed by atoms with van der Waals surface area (Å²) in [7, 11) is 0. The largest absolute Gasteiger partial charge is 0.378 e. The van der Waals surface area contributed by atoms with E-state index in [2.05, 4.69) is 45.9 Å². The number of hydrogen-bond acceptors (Lipinski definition) is 5. The second-order valence-corrected chi connectivity index (χ2v) is 9.03. The highest BCUT2D eigenvalue weighted by molar-refractivity contribution is 6.04. The molecule has 0 atom stereocenters. The number of anilines is 1. The minimum atomic E-state index is -0.568. The van der Waals surface area contributed by atoms with Crippen LogP contribution in [-0.4, -0.2) is 57.9 Å². The van der Waals surface area contributed by atoms with Crippen molar-refractivity contribution in [1.82, 2.24) is 19.7 Å². The van der Waals surface area contributed by atoms with E-state index in [1.165, 1.54) is 5.69 Å². The second kappa shape index (κ2) is 6.12. The minimum Gasteiger partial charge on any atom is -0.378 e. The Kier molecular flexibility index (Phi) is 3.90. The van der Waals surface area contributed by atoms with Crippen LogP contribution in [0.4, 0.5) is 5.82 Å². The zero-order chi connectivity index (χ0) is 19.6. The molecule has 0 unspecified atom stereocenters. The van der Waals surface area contributed by atoms with Crippen LogP contribution >= 0.6 is 0 Å². The van der Waals surface area contributed by atoms with Gasteiger partial charge >= 0.3 is 0 Å². The average molecular weight is 381 g/mol. The number of amides is 1. The fraction of sp³-hybridized carbons (Fsp3) is 0.571. The maximum absolute atomic E-state index is 12.2. The molecule has 1 amide bonds. The summed E-state index contributed by atoms with van der Waals surface area (Å²) in [5, 5.41) is 7.78. The second-order valence-electron chi connectivity index (χ2n) is 9.03. The van der Waals surface area contributed by atoms with E-state index in [0.29, 0.717) is 23.8 Å². The molecule has 0 bridgehead atoms. The van der Waals surface area contributed by atoms with Crippen molar-refractivity contribution in [2.75, 3.05) is 31.6 Å². The van der Waals surface area contributed by atoms with Gasteiger partial charge in [0.2, 0.25) is 5.91 Å². The Morgan fingerprint density at radius 1 is 1.25 bits per heavy atom. The Morgan fingerprint density at radius 3 is 2.64 bits per heavy atom. The molecule has 7 heteroatoms. The lowest BCUT2D eigenvalue weighted by molar-refractivity contribution is -0.119. The number of nitrogens with zero attached hydrogens (tertiary/aromatic N) is 4. The van der Waals surface area contributed by atoms with Crippen molar-refractivity contribution >= 4 is 11.7 Å². The summed E-state index contributed by atoms with van der Waals surface area (Å²) in [5.74, 6) is 1.17. The van der Waals surface area contributed by atoms with Crippen molar-refractivity contribution in [2.24, 2.45) is 0 Å². The normalized spacial score (nSPS) is 22.1. The molecule has 148 valence electrons. The van der Waals surface area contributed by atoms with Crippen LogP contribution in [0.2, 0.25) is 0 Å². The zero-order valence-corrected chi connectivity index (χ0v) is 16.9. The van der Waals surface area contributed by atoms with Gasteiger partial charge in [0, 0.05) is 48.1 Å². The molecule has 5 heterocycles. The van der Waals surface area contributed by atoms with Gasteiger partial charge in [-0.25, -0.2) is 4.98 Å². The van der Waals surface area contributed by atoms with Gasteiger partial charge < -0.3 is 10.1 Å². The van der Waals surface area contributed by atoms with Gasteiger partial charge in [0.25, 0.3) is 0 Å². The molecule has 2 saturated heterocycles. The van der Waals surface area contributed by atoms with Crippen LogP contribution in [0.5, 0.6) is 0 Å². The lowest BCUT2D eigenvalue weighted by Gasteiger charge is -2.47. The highest BCUT2D eigenvalue weighted by atomic mass is 16.5. The Hall–Kier alpha value is -2.25. The molecular weight excluding hydrogens is 354 g/mol. The molecule has 1 N–H and O–H groups in total. The molecule has 0 aromatic carbocycles. The smallest absolute Gasteiger partial charge is 0.235 e. The van der Waals surface area contributed by atoms with Gasteiger partial charge in [0.05, 0.1) is 30.4 Å². The third-order valence-corrected chi connectivity index (χ3v) is 6.38. The quantitative estimate of drug-likeness (QED) is 0.881. The molecule has 0 radical (unpaired) electrons. The summed E-state index contributed by atoms with van der Waals surface area (Å²) in [6, 6.07) is 5.17. The number of aromatic nitrogens is 3. The first-order chi connectivity index (χ1) is 13.3. The number of likely N-dealkylation sites (tertiary alicyclic amines) is 1. The van der Waals surface area contributed by atoms with E-state index >= 15 is 0 Å². The maximum Gasteiger partial charge on any atom is 0.235 e. The zero-order valence-electron chi connectivity index (χ0n) is 16.9. The summed E-state index contributed by atoms with van der Waals surface area (Å²) in [5.41, 5.74) is 3.55. The highest BCUT2D eigenvalue weighted by Crippen LogP contribution is 2.39. The van der Waals surface area contributed by atoms with Gasteiger partial charge in [0.15, 0.2) is 0 Å². The summed E-state index contributed by atoms with van der Waals surface area (Å²) in [4.78, 5) is 19.2. The molecule has 5 rings (SSSR count). The fourth-order valence-corrected chi connectivity index (χ4v) is 4.27. The van der Waals surface area contributed by atoms with E-state index in [1.807, 2.05) is 20.0 Å². The fourth-order valence-electron chi connectivity index (χ4n) is 4.27. The first kappa shape index (κ1) is 17.8. The van der Waals surface area contributed by atoms with Crippen molar-refractivity contribution in [2.45, 2.75) is 51.1 Å². The monoisotopic (exact) mass is 381 g/mol. The molecule has 0 aliphatic carbocycles. The molecule has 2 aromatic heterocycles. The summed E-state index contributed by atoms with van der Waals surface area (Å²) >= 11 is 0. The van der Waals surface area contributed by atoms with Crippen LogP contribution in [0.25, 0.3) is 11.3 Å². The highest BCUT2D eigenvalue weighted by Gasteiger charge is 2.40. The van der Waals surface area contributed by atoms with Gasteiger partial charge in [-0.15, -0.1) is 0 Å². The Bertz CT molecular complexity index is 938. The summed E-state index contributed by atoms with van der Waals surface area (Å²) in [6.07, 6.45) is 1.82. The van der Waals surface area contributed by atoms with Gasteiger partial charge in [-0.1, -0.05) is 0 Å². The van der Waals surface area contributed by atoms with E-state index in [4.69, 9.17) is 9.84 Å². The van der Waals surface area contributed by atoms with Crippen LogP contribution < -0.4 is 5.32 Å². The van der Waals surface area contributed by atoms with Gasteiger partial charge in [0.1, 0.15) is 5.82 Å². The Morgan fingerprint density at radius 2 is 2.00 bits per heavy atom. The molecule has 2 aromatic rings. The number of ether oxygens (including phenoxy) is 1. The lowest BCUT2D eigenvalue weighted by Crippen LogP contribution is -2.58. The average Bonchev–Trinajstić information content (AvgIpc) is 3.09.